The normalized spacial score (nSPS) is 22.2. The highest BCUT2D eigenvalue weighted by Crippen LogP contribution is 2.52. The fourth-order valence-corrected chi connectivity index (χ4v) is 6.08. The number of pyridine rings is 1. The lowest BCUT2D eigenvalue weighted by Gasteiger charge is -2.28. The van der Waals surface area contributed by atoms with Crippen molar-refractivity contribution in [2.75, 3.05) is 18.0 Å². The number of aromatic nitrogens is 1. The van der Waals surface area contributed by atoms with Crippen molar-refractivity contribution in [2.45, 2.75) is 97.1 Å². The molecule has 218 valence electrons. The van der Waals surface area contributed by atoms with Crippen molar-refractivity contribution in [2.24, 2.45) is 5.92 Å². The number of rotatable bonds is 5. The Bertz CT molecular complexity index is 1460. The van der Waals surface area contributed by atoms with Gasteiger partial charge in [0.2, 0.25) is 0 Å². The maximum atomic E-state index is 16.0. The molecule has 5 rings (SSSR count). The van der Waals surface area contributed by atoms with Crippen LogP contribution in [0.1, 0.15) is 78.0 Å². The van der Waals surface area contributed by atoms with Crippen LogP contribution < -0.4 is 21.1 Å². The number of hydrogen-bond donors (Lipinski definition) is 2. The van der Waals surface area contributed by atoms with Gasteiger partial charge in [0.1, 0.15) is 22.0 Å². The van der Waals surface area contributed by atoms with E-state index in [0.717, 1.165) is 19.3 Å². The average Bonchev–Trinajstić information content (AvgIpc) is 3.70. The Morgan fingerprint density at radius 1 is 1.12 bits per heavy atom. The highest BCUT2D eigenvalue weighted by atomic mass is 35.5. The lowest BCUT2D eigenvalue weighted by molar-refractivity contribution is 0.0493. The summed E-state index contributed by atoms with van der Waals surface area (Å²) >= 11 is 6.56. The first-order valence-electron chi connectivity index (χ1n) is 13.8. The van der Waals surface area contributed by atoms with Crippen LogP contribution in [0, 0.1) is 18.7 Å². The minimum absolute atomic E-state index is 0.00969. The first-order chi connectivity index (χ1) is 18.5. The number of nitrogens with one attached hydrogen (secondary N) is 2. The van der Waals surface area contributed by atoms with Crippen LogP contribution in [0.15, 0.2) is 10.9 Å². The largest absolute Gasteiger partial charge is 0.444 e. The lowest BCUT2D eigenvalue weighted by atomic mass is 10.0. The maximum absolute atomic E-state index is 16.0. The van der Waals surface area contributed by atoms with Crippen LogP contribution in [0.25, 0.3) is 10.9 Å². The number of amides is 2. The molecule has 2 aromatic rings. The van der Waals surface area contributed by atoms with E-state index in [1.807, 2.05) is 32.6 Å². The zero-order chi connectivity index (χ0) is 29.4. The van der Waals surface area contributed by atoms with Crippen molar-refractivity contribution in [3.8, 4) is 0 Å². The van der Waals surface area contributed by atoms with E-state index in [2.05, 4.69) is 10.6 Å². The number of carbonyl (C=O) groups is 2. The van der Waals surface area contributed by atoms with E-state index < -0.39 is 34.7 Å². The van der Waals surface area contributed by atoms with E-state index >= 15 is 4.39 Å². The zero-order valence-electron chi connectivity index (χ0n) is 24.2. The number of halogens is 2. The molecule has 2 N–H and O–H groups in total. The van der Waals surface area contributed by atoms with Gasteiger partial charge in [0, 0.05) is 42.5 Å². The first-order valence-corrected chi connectivity index (χ1v) is 14.2. The van der Waals surface area contributed by atoms with Gasteiger partial charge in [-0.25, -0.2) is 14.0 Å². The summed E-state index contributed by atoms with van der Waals surface area (Å²) in [6, 6.07) is 1.40. The summed E-state index contributed by atoms with van der Waals surface area (Å²) in [6.07, 6.45) is 1.34. The SMILES string of the molecule is Cc1c(N2CC3CC3(NC(=O)OC(C)(C)C)C2)c(F)cc2c(CNC(=O)OC(C)(C)C)c(Cl)c(=O)n(C3CC3)c12. The van der Waals surface area contributed by atoms with Crippen LogP contribution in [0.2, 0.25) is 5.02 Å². The number of fused-ring (bicyclic) bond motifs is 2. The second-order valence-corrected chi connectivity index (χ2v) is 13.7. The molecule has 11 heteroatoms. The van der Waals surface area contributed by atoms with Crippen LogP contribution in [-0.2, 0) is 16.0 Å². The predicted octanol–water partition coefficient (Wildman–Crippen LogP) is 5.57. The standard InChI is InChI=1S/C29H38ClFN4O5/c1-15-22-18(19(12-32-25(37)39-27(2,3)4)21(30)24(36)35(22)17-8-9-17)10-20(31)23(15)34-13-16-11-29(16,14-34)33-26(38)40-28(5,6)7/h10,16-17H,8-9,11-14H2,1-7H3,(H,32,37)(H,33,38). The molecule has 2 amide bonds. The molecular weight excluding hydrogens is 539 g/mol. The molecule has 3 fully saturated rings. The monoisotopic (exact) mass is 576 g/mol. The Morgan fingerprint density at radius 2 is 1.75 bits per heavy atom. The molecule has 3 aliphatic rings. The summed E-state index contributed by atoms with van der Waals surface area (Å²) in [5, 5.41) is 6.13. The fourth-order valence-electron chi connectivity index (χ4n) is 5.82. The molecule has 2 unspecified atom stereocenters. The summed E-state index contributed by atoms with van der Waals surface area (Å²) in [4.78, 5) is 40.3. The minimum atomic E-state index is -0.699. The predicted molar refractivity (Wildman–Crippen MR) is 152 cm³/mol. The number of ether oxygens (including phenoxy) is 2. The summed E-state index contributed by atoms with van der Waals surface area (Å²) in [5.74, 6) is -0.270. The number of anilines is 1. The molecule has 0 radical (unpaired) electrons. The van der Waals surface area contributed by atoms with Gasteiger partial charge in [-0.2, -0.15) is 0 Å². The molecule has 0 spiro atoms. The van der Waals surface area contributed by atoms with Crippen molar-refractivity contribution >= 4 is 40.4 Å². The van der Waals surface area contributed by atoms with Crippen molar-refractivity contribution in [1.29, 1.82) is 0 Å². The number of nitrogens with zero attached hydrogens (tertiary/aromatic N) is 2. The Balaban J connectivity index is 1.50. The van der Waals surface area contributed by atoms with E-state index in [-0.39, 0.29) is 29.1 Å². The van der Waals surface area contributed by atoms with Gasteiger partial charge in [-0.05, 0) is 79.4 Å². The molecule has 1 aromatic carbocycles. The van der Waals surface area contributed by atoms with Crippen LogP contribution in [-0.4, -0.2) is 46.6 Å². The number of carbonyl (C=O) groups excluding carboxylic acids is 2. The molecule has 1 aromatic heterocycles. The summed E-state index contributed by atoms with van der Waals surface area (Å²) in [5.41, 5.74) is -0.131. The van der Waals surface area contributed by atoms with Crippen LogP contribution in [0.3, 0.4) is 0 Å². The Kier molecular flexibility index (Phi) is 6.80. The van der Waals surface area contributed by atoms with E-state index in [9.17, 15) is 14.4 Å². The fraction of sp³-hybridized carbons (Fsp3) is 0.621. The molecule has 2 heterocycles. The average molecular weight is 577 g/mol. The van der Waals surface area contributed by atoms with E-state index in [0.29, 0.717) is 40.8 Å². The highest BCUT2D eigenvalue weighted by molar-refractivity contribution is 6.32. The van der Waals surface area contributed by atoms with Gasteiger partial charge in [-0.3, -0.25) is 4.79 Å². The molecule has 2 aliphatic carbocycles. The minimum Gasteiger partial charge on any atom is -0.444 e. The third kappa shape index (κ3) is 5.47. The van der Waals surface area contributed by atoms with Gasteiger partial charge < -0.3 is 29.6 Å². The van der Waals surface area contributed by atoms with Crippen LogP contribution in [0.5, 0.6) is 0 Å². The second-order valence-electron chi connectivity index (χ2n) is 13.3. The Labute approximate surface area is 238 Å². The van der Waals surface area contributed by atoms with Crippen molar-refractivity contribution < 1.29 is 23.5 Å². The van der Waals surface area contributed by atoms with E-state index in [1.54, 1.807) is 25.3 Å². The zero-order valence-corrected chi connectivity index (χ0v) is 24.9. The quantitative estimate of drug-likeness (QED) is 0.483. The van der Waals surface area contributed by atoms with Crippen molar-refractivity contribution in [3.63, 3.8) is 0 Å². The van der Waals surface area contributed by atoms with Gasteiger partial charge >= 0.3 is 12.2 Å². The van der Waals surface area contributed by atoms with Crippen molar-refractivity contribution in [3.05, 3.63) is 38.4 Å². The third-order valence-electron chi connectivity index (χ3n) is 7.63. The molecule has 40 heavy (non-hydrogen) atoms. The molecule has 2 atom stereocenters. The second kappa shape index (κ2) is 9.53. The molecule has 1 saturated heterocycles. The molecular formula is C29H38ClFN4O5. The molecule has 9 nitrogen and oxygen atoms in total. The van der Waals surface area contributed by atoms with Gasteiger partial charge in [0.15, 0.2) is 0 Å². The number of alkyl carbamates (subject to hydrolysis) is 2. The Hall–Kier alpha value is -3.01. The van der Waals surface area contributed by atoms with E-state index in [1.165, 1.54) is 6.07 Å². The van der Waals surface area contributed by atoms with Crippen molar-refractivity contribution in [1.82, 2.24) is 15.2 Å². The number of hydrogen-bond acceptors (Lipinski definition) is 6. The topological polar surface area (TPSA) is 102 Å². The van der Waals surface area contributed by atoms with Crippen LogP contribution in [0.4, 0.5) is 19.7 Å². The highest BCUT2D eigenvalue weighted by Gasteiger charge is 2.62. The van der Waals surface area contributed by atoms with Crippen LogP contribution >= 0.6 is 11.6 Å². The third-order valence-corrected chi connectivity index (χ3v) is 8.02. The number of aryl methyl sites for hydroxylation is 1. The summed E-state index contributed by atoms with van der Waals surface area (Å²) in [7, 11) is 0. The molecule has 0 bridgehead atoms. The molecule has 1 aliphatic heterocycles. The number of piperidine rings is 1. The Morgan fingerprint density at radius 3 is 2.35 bits per heavy atom. The molecule has 2 saturated carbocycles. The maximum Gasteiger partial charge on any atom is 0.408 e. The first kappa shape index (κ1) is 28.5. The van der Waals surface area contributed by atoms with Gasteiger partial charge in [-0.15, -0.1) is 0 Å². The lowest BCUT2D eigenvalue weighted by Crippen LogP contribution is -2.44. The van der Waals surface area contributed by atoms with Gasteiger partial charge in [0.25, 0.3) is 5.56 Å². The summed E-state index contributed by atoms with van der Waals surface area (Å²) in [6.45, 7) is 13.4. The van der Waals surface area contributed by atoms with Gasteiger partial charge in [-0.1, -0.05) is 11.6 Å². The summed E-state index contributed by atoms with van der Waals surface area (Å²) < 4.78 is 28.4. The van der Waals surface area contributed by atoms with E-state index in [4.69, 9.17) is 21.1 Å². The smallest absolute Gasteiger partial charge is 0.408 e. The number of benzene rings is 1. The van der Waals surface area contributed by atoms with Gasteiger partial charge in [0.05, 0.1) is 16.7 Å².